The minimum absolute atomic E-state index is 0.175. The molecule has 0 saturated carbocycles. The quantitative estimate of drug-likeness (QED) is 0.252. The second kappa shape index (κ2) is 8.43. The summed E-state index contributed by atoms with van der Waals surface area (Å²) in [7, 11) is 0. The van der Waals surface area contributed by atoms with Crippen LogP contribution in [0.2, 0.25) is 5.28 Å². The monoisotopic (exact) mass is 485 g/mol. The van der Waals surface area contributed by atoms with Gasteiger partial charge < -0.3 is 4.42 Å². The fourth-order valence-electron chi connectivity index (χ4n) is 5.06. The summed E-state index contributed by atoms with van der Waals surface area (Å²) in [6.07, 6.45) is 6.30. The van der Waals surface area contributed by atoms with Crippen molar-refractivity contribution in [3.8, 4) is 33.9 Å². The van der Waals surface area contributed by atoms with Crippen molar-refractivity contribution in [3.63, 3.8) is 0 Å². The van der Waals surface area contributed by atoms with Crippen LogP contribution in [0, 0.1) is 0 Å². The van der Waals surface area contributed by atoms with Gasteiger partial charge in [0.05, 0.1) is 0 Å². The van der Waals surface area contributed by atoms with Crippen LogP contribution in [0.3, 0.4) is 0 Å². The Morgan fingerprint density at radius 2 is 1.39 bits per heavy atom. The Labute approximate surface area is 212 Å². The summed E-state index contributed by atoms with van der Waals surface area (Å²) in [6.45, 7) is 0. The summed E-state index contributed by atoms with van der Waals surface area (Å²) in [5.74, 6) is 2.08. The van der Waals surface area contributed by atoms with Crippen molar-refractivity contribution in [1.29, 1.82) is 0 Å². The van der Waals surface area contributed by atoms with E-state index in [1.54, 1.807) is 0 Å². The number of hydrogen-bond acceptors (Lipinski definition) is 4. The van der Waals surface area contributed by atoms with Gasteiger partial charge in [0, 0.05) is 27.5 Å². The van der Waals surface area contributed by atoms with E-state index in [4.69, 9.17) is 21.0 Å². The van der Waals surface area contributed by atoms with Crippen LogP contribution in [0.4, 0.5) is 0 Å². The molecule has 0 spiro atoms. The van der Waals surface area contributed by atoms with Crippen LogP contribution < -0.4 is 0 Å². The minimum Gasteiger partial charge on any atom is -0.456 e. The number of aryl methyl sites for hydroxylation is 1. The van der Waals surface area contributed by atoms with Gasteiger partial charge >= 0.3 is 0 Å². The number of nitrogens with zero attached hydrogens (tertiary/aromatic N) is 3. The largest absolute Gasteiger partial charge is 0.456 e. The molecule has 0 unspecified atom stereocenters. The van der Waals surface area contributed by atoms with Crippen LogP contribution in [0.5, 0.6) is 0 Å². The van der Waals surface area contributed by atoms with Gasteiger partial charge in [0.1, 0.15) is 11.3 Å². The molecule has 2 aromatic heterocycles. The van der Waals surface area contributed by atoms with Crippen LogP contribution in [0.1, 0.15) is 17.7 Å². The smallest absolute Gasteiger partial charge is 0.226 e. The van der Waals surface area contributed by atoms with Crippen LogP contribution >= 0.6 is 11.6 Å². The number of hydrogen-bond donors (Lipinski definition) is 0. The highest BCUT2D eigenvalue weighted by Crippen LogP contribution is 2.41. The molecule has 0 aliphatic heterocycles. The molecule has 0 amide bonds. The van der Waals surface area contributed by atoms with Crippen molar-refractivity contribution >= 4 is 39.4 Å². The number of halogens is 1. The summed E-state index contributed by atoms with van der Waals surface area (Å²) in [5.41, 5.74) is 6.27. The van der Waals surface area contributed by atoms with Crippen molar-refractivity contribution in [1.82, 2.24) is 15.0 Å². The van der Waals surface area contributed by atoms with E-state index in [0.717, 1.165) is 57.2 Å². The average molecular weight is 486 g/mol. The Balaban J connectivity index is 1.42. The molecule has 5 heteroatoms. The molecule has 1 aliphatic carbocycles. The van der Waals surface area contributed by atoms with E-state index >= 15 is 0 Å². The molecule has 0 N–H and O–H groups in total. The molecule has 4 nitrogen and oxygen atoms in total. The van der Waals surface area contributed by atoms with Gasteiger partial charge in [-0.1, -0.05) is 78.9 Å². The first-order valence-electron chi connectivity index (χ1n) is 12.0. The predicted molar refractivity (Wildman–Crippen MR) is 146 cm³/mol. The van der Waals surface area contributed by atoms with E-state index in [-0.39, 0.29) is 5.28 Å². The molecular weight excluding hydrogens is 466 g/mol. The zero-order valence-corrected chi connectivity index (χ0v) is 20.0. The van der Waals surface area contributed by atoms with Gasteiger partial charge in [-0.3, -0.25) is 0 Å². The minimum atomic E-state index is 0.175. The third-order valence-corrected chi connectivity index (χ3v) is 6.90. The standard InChI is InChI=1S/C31H20ClN3O/c32-31-34-29(19-9-2-1-3-10-19)33-30(35-31)21-12-8-11-20(17-21)25-18-26-23-14-6-7-16-27(23)36-28(26)24-15-5-4-13-22(24)25/h1-5,7-13,15-18H,6,14H2. The third kappa shape index (κ3) is 3.50. The van der Waals surface area contributed by atoms with E-state index in [9.17, 15) is 0 Å². The van der Waals surface area contributed by atoms with Crippen LogP contribution in [-0.2, 0) is 6.42 Å². The summed E-state index contributed by atoms with van der Waals surface area (Å²) in [6, 6.07) is 28.8. The normalized spacial score (nSPS) is 12.8. The van der Waals surface area contributed by atoms with E-state index in [1.165, 1.54) is 10.9 Å². The van der Waals surface area contributed by atoms with Crippen LogP contribution in [0.25, 0.3) is 61.7 Å². The van der Waals surface area contributed by atoms with Crippen molar-refractivity contribution in [2.24, 2.45) is 0 Å². The number of benzene rings is 4. The van der Waals surface area contributed by atoms with Crippen LogP contribution in [0.15, 0.2) is 95.4 Å². The maximum absolute atomic E-state index is 6.33. The number of allylic oxidation sites excluding steroid dienone is 1. The first-order chi connectivity index (χ1) is 17.7. The number of furan rings is 1. The Kier molecular flexibility index (Phi) is 4.93. The maximum atomic E-state index is 6.33. The summed E-state index contributed by atoms with van der Waals surface area (Å²) >= 11 is 6.33. The van der Waals surface area contributed by atoms with Gasteiger partial charge in [-0.2, -0.15) is 9.97 Å². The zero-order chi connectivity index (χ0) is 24.1. The van der Waals surface area contributed by atoms with Gasteiger partial charge in [-0.25, -0.2) is 4.98 Å². The molecular formula is C31H20ClN3O. The molecule has 172 valence electrons. The third-order valence-electron chi connectivity index (χ3n) is 6.73. The second-order valence-electron chi connectivity index (χ2n) is 8.93. The SMILES string of the molecule is Clc1nc(-c2ccccc2)nc(-c2cccc(-c3cc4c5c(oc4c4ccccc34)C=CCC5)c2)n1. The fraction of sp³-hybridized carbons (Fsp3) is 0.0645. The number of rotatable bonds is 3. The molecule has 0 atom stereocenters. The molecule has 0 radical (unpaired) electrons. The summed E-state index contributed by atoms with van der Waals surface area (Å²) < 4.78 is 6.33. The number of aromatic nitrogens is 3. The van der Waals surface area contributed by atoms with Crippen molar-refractivity contribution in [2.75, 3.05) is 0 Å². The van der Waals surface area contributed by atoms with E-state index in [2.05, 4.69) is 64.6 Å². The average Bonchev–Trinajstić information content (AvgIpc) is 3.32. The summed E-state index contributed by atoms with van der Waals surface area (Å²) in [5, 5.41) is 3.63. The lowest BCUT2D eigenvalue weighted by Gasteiger charge is -2.11. The van der Waals surface area contributed by atoms with Gasteiger partial charge in [0.25, 0.3) is 0 Å². The highest BCUT2D eigenvalue weighted by molar-refractivity contribution is 6.28. The highest BCUT2D eigenvalue weighted by atomic mass is 35.5. The molecule has 0 fully saturated rings. The number of fused-ring (bicyclic) bond motifs is 5. The molecule has 36 heavy (non-hydrogen) atoms. The van der Waals surface area contributed by atoms with Crippen LogP contribution in [-0.4, -0.2) is 15.0 Å². The van der Waals surface area contributed by atoms with Crippen molar-refractivity contribution in [2.45, 2.75) is 12.8 Å². The van der Waals surface area contributed by atoms with E-state index in [1.807, 2.05) is 42.5 Å². The molecule has 6 aromatic rings. The maximum Gasteiger partial charge on any atom is 0.226 e. The lowest BCUT2D eigenvalue weighted by Crippen LogP contribution is -1.97. The van der Waals surface area contributed by atoms with E-state index < -0.39 is 0 Å². The molecule has 0 bridgehead atoms. The lowest BCUT2D eigenvalue weighted by atomic mass is 9.92. The fourth-order valence-corrected chi connectivity index (χ4v) is 5.22. The Morgan fingerprint density at radius 1 is 0.667 bits per heavy atom. The molecule has 2 heterocycles. The molecule has 0 saturated heterocycles. The Bertz CT molecular complexity index is 1800. The van der Waals surface area contributed by atoms with Gasteiger partial charge in [-0.05, 0) is 59.2 Å². The van der Waals surface area contributed by atoms with Gasteiger partial charge in [0.15, 0.2) is 11.6 Å². The second-order valence-corrected chi connectivity index (χ2v) is 9.27. The van der Waals surface area contributed by atoms with Crippen molar-refractivity contribution < 1.29 is 4.42 Å². The first-order valence-corrected chi connectivity index (χ1v) is 12.3. The topological polar surface area (TPSA) is 51.8 Å². The first kappa shape index (κ1) is 21.0. The Hall–Kier alpha value is -4.28. The molecule has 7 rings (SSSR count). The summed E-state index contributed by atoms with van der Waals surface area (Å²) in [4.78, 5) is 13.5. The van der Waals surface area contributed by atoms with Gasteiger partial charge in [-0.15, -0.1) is 0 Å². The molecule has 1 aliphatic rings. The molecule has 4 aromatic carbocycles. The van der Waals surface area contributed by atoms with Gasteiger partial charge in [0.2, 0.25) is 5.28 Å². The van der Waals surface area contributed by atoms with E-state index in [0.29, 0.717) is 11.6 Å². The predicted octanol–water partition coefficient (Wildman–Crippen LogP) is 8.38. The highest BCUT2D eigenvalue weighted by Gasteiger charge is 2.19. The lowest BCUT2D eigenvalue weighted by molar-refractivity contribution is 0.598. The zero-order valence-electron chi connectivity index (χ0n) is 19.3. The van der Waals surface area contributed by atoms with Crippen molar-refractivity contribution in [3.05, 3.63) is 108 Å². The Morgan fingerprint density at radius 3 is 2.25 bits per heavy atom.